The lowest BCUT2D eigenvalue weighted by molar-refractivity contribution is 0.608. The summed E-state index contributed by atoms with van der Waals surface area (Å²) in [5.41, 5.74) is 6.92. The van der Waals surface area contributed by atoms with Crippen molar-refractivity contribution in [2.75, 3.05) is 17.6 Å². The van der Waals surface area contributed by atoms with Gasteiger partial charge in [0, 0.05) is 6.54 Å². The van der Waals surface area contributed by atoms with Gasteiger partial charge in [0.05, 0.1) is 11.4 Å². The zero-order valence-electron chi connectivity index (χ0n) is 8.31. The molecule has 3 N–H and O–H groups in total. The van der Waals surface area contributed by atoms with E-state index in [1.54, 1.807) is 6.07 Å². The summed E-state index contributed by atoms with van der Waals surface area (Å²) in [5, 5.41) is 3.19. The Morgan fingerprint density at radius 1 is 1.50 bits per heavy atom. The molecule has 0 unspecified atom stereocenters. The summed E-state index contributed by atoms with van der Waals surface area (Å²) in [5.74, 6) is -0.351. The second-order valence-corrected chi connectivity index (χ2v) is 4.37. The van der Waals surface area contributed by atoms with Gasteiger partial charge in [0.15, 0.2) is 0 Å². The molecular formula is C11H15FN2. The highest BCUT2D eigenvalue weighted by Crippen LogP contribution is 2.45. The molecule has 0 saturated heterocycles. The first-order chi connectivity index (χ1) is 6.61. The SMILES string of the molecule is CC1(CNc2cccc(F)c2N)CC1. The predicted octanol–water partition coefficient (Wildman–Crippen LogP) is 2.62. The lowest BCUT2D eigenvalue weighted by Gasteiger charge is -2.13. The highest BCUT2D eigenvalue weighted by atomic mass is 19.1. The van der Waals surface area contributed by atoms with Gasteiger partial charge >= 0.3 is 0 Å². The van der Waals surface area contributed by atoms with E-state index in [0.717, 1.165) is 6.54 Å². The maximum atomic E-state index is 13.0. The predicted molar refractivity (Wildman–Crippen MR) is 56.6 cm³/mol. The second kappa shape index (κ2) is 3.15. The van der Waals surface area contributed by atoms with Crippen LogP contribution in [0.15, 0.2) is 18.2 Å². The van der Waals surface area contributed by atoms with Gasteiger partial charge in [-0.2, -0.15) is 0 Å². The van der Waals surface area contributed by atoms with Crippen LogP contribution in [0.25, 0.3) is 0 Å². The highest BCUT2D eigenvalue weighted by Gasteiger charge is 2.36. The molecule has 0 amide bonds. The van der Waals surface area contributed by atoms with E-state index in [-0.39, 0.29) is 11.5 Å². The van der Waals surface area contributed by atoms with Crippen LogP contribution in [0.1, 0.15) is 19.8 Å². The van der Waals surface area contributed by atoms with Crippen LogP contribution in [0.2, 0.25) is 0 Å². The van der Waals surface area contributed by atoms with E-state index in [2.05, 4.69) is 12.2 Å². The minimum absolute atomic E-state index is 0.219. The van der Waals surface area contributed by atoms with Crippen molar-refractivity contribution >= 4 is 11.4 Å². The van der Waals surface area contributed by atoms with E-state index in [4.69, 9.17) is 5.73 Å². The molecule has 3 heteroatoms. The molecule has 1 aliphatic rings. The maximum Gasteiger partial charge on any atom is 0.148 e. The van der Waals surface area contributed by atoms with Crippen LogP contribution in [0.3, 0.4) is 0 Å². The average Bonchev–Trinajstić information content (AvgIpc) is 2.88. The third-order valence-electron chi connectivity index (χ3n) is 2.86. The van der Waals surface area contributed by atoms with Gasteiger partial charge in [0.1, 0.15) is 5.82 Å². The lowest BCUT2D eigenvalue weighted by Crippen LogP contribution is -2.13. The van der Waals surface area contributed by atoms with E-state index in [1.807, 2.05) is 6.07 Å². The Balaban J connectivity index is 2.05. The Bertz CT molecular complexity index is 345. The molecule has 0 spiro atoms. The number of nitrogens with two attached hydrogens (primary N) is 1. The quantitative estimate of drug-likeness (QED) is 0.726. The molecule has 0 aliphatic heterocycles. The molecular weight excluding hydrogens is 179 g/mol. The number of halogens is 1. The van der Waals surface area contributed by atoms with Gasteiger partial charge in [-0.3, -0.25) is 0 Å². The van der Waals surface area contributed by atoms with E-state index in [9.17, 15) is 4.39 Å². The Labute approximate surface area is 83.3 Å². The molecule has 1 fully saturated rings. The number of hydrogen-bond donors (Lipinski definition) is 2. The molecule has 14 heavy (non-hydrogen) atoms. The maximum absolute atomic E-state index is 13.0. The summed E-state index contributed by atoms with van der Waals surface area (Å²) >= 11 is 0. The summed E-state index contributed by atoms with van der Waals surface area (Å²) in [7, 11) is 0. The van der Waals surface area contributed by atoms with Crippen molar-refractivity contribution in [3.8, 4) is 0 Å². The number of nitrogens with one attached hydrogen (secondary N) is 1. The van der Waals surface area contributed by atoms with Gasteiger partial charge in [0.2, 0.25) is 0 Å². The average molecular weight is 194 g/mol. The fourth-order valence-corrected chi connectivity index (χ4v) is 1.39. The fraction of sp³-hybridized carbons (Fsp3) is 0.455. The molecule has 2 rings (SSSR count). The smallest absolute Gasteiger partial charge is 0.148 e. The zero-order valence-corrected chi connectivity index (χ0v) is 8.31. The minimum atomic E-state index is -0.351. The van der Waals surface area contributed by atoms with Crippen molar-refractivity contribution in [2.45, 2.75) is 19.8 Å². The van der Waals surface area contributed by atoms with Crippen molar-refractivity contribution in [2.24, 2.45) is 5.41 Å². The van der Waals surface area contributed by atoms with Crippen molar-refractivity contribution in [1.82, 2.24) is 0 Å². The molecule has 76 valence electrons. The summed E-state index contributed by atoms with van der Waals surface area (Å²) < 4.78 is 13.0. The molecule has 1 aromatic rings. The summed E-state index contributed by atoms with van der Waals surface area (Å²) in [6.45, 7) is 3.09. The molecule has 2 nitrogen and oxygen atoms in total. The van der Waals surface area contributed by atoms with Crippen LogP contribution in [-0.2, 0) is 0 Å². The van der Waals surface area contributed by atoms with Crippen molar-refractivity contribution in [3.63, 3.8) is 0 Å². The third kappa shape index (κ3) is 1.81. The Morgan fingerprint density at radius 2 is 2.21 bits per heavy atom. The molecule has 0 heterocycles. The molecule has 1 aliphatic carbocycles. The molecule has 0 bridgehead atoms. The number of benzene rings is 1. The largest absolute Gasteiger partial charge is 0.395 e. The monoisotopic (exact) mass is 194 g/mol. The number of nitrogen functional groups attached to an aromatic ring is 1. The number of rotatable bonds is 3. The zero-order chi connectivity index (χ0) is 10.2. The summed E-state index contributed by atoms with van der Waals surface area (Å²) in [6.07, 6.45) is 2.49. The van der Waals surface area contributed by atoms with Crippen molar-refractivity contribution in [3.05, 3.63) is 24.0 Å². The standard InChI is InChI=1S/C11H15FN2/c1-11(5-6-11)7-14-9-4-2-3-8(12)10(9)13/h2-4,14H,5-7,13H2,1H3. The van der Waals surface area contributed by atoms with Gasteiger partial charge in [-0.1, -0.05) is 13.0 Å². The topological polar surface area (TPSA) is 38.0 Å². The van der Waals surface area contributed by atoms with Crippen molar-refractivity contribution < 1.29 is 4.39 Å². The second-order valence-electron chi connectivity index (χ2n) is 4.37. The van der Waals surface area contributed by atoms with Crippen molar-refractivity contribution in [1.29, 1.82) is 0 Å². The van der Waals surface area contributed by atoms with Crippen LogP contribution in [0.5, 0.6) is 0 Å². The van der Waals surface area contributed by atoms with Gasteiger partial charge in [0.25, 0.3) is 0 Å². The first-order valence-electron chi connectivity index (χ1n) is 4.89. The molecule has 0 radical (unpaired) electrons. The normalized spacial score (nSPS) is 17.9. The Morgan fingerprint density at radius 3 is 2.86 bits per heavy atom. The lowest BCUT2D eigenvalue weighted by atomic mass is 10.1. The number of hydrogen-bond acceptors (Lipinski definition) is 2. The first kappa shape index (κ1) is 9.31. The number of anilines is 2. The molecule has 0 atom stereocenters. The third-order valence-corrected chi connectivity index (χ3v) is 2.86. The Kier molecular flexibility index (Phi) is 2.10. The first-order valence-corrected chi connectivity index (χ1v) is 4.89. The van der Waals surface area contributed by atoms with E-state index >= 15 is 0 Å². The molecule has 1 aromatic carbocycles. The number of para-hydroxylation sites is 1. The van der Waals surface area contributed by atoms with Crippen LogP contribution in [0, 0.1) is 11.2 Å². The van der Waals surface area contributed by atoms with Gasteiger partial charge in [-0.25, -0.2) is 4.39 Å². The Hall–Kier alpha value is -1.25. The van der Waals surface area contributed by atoms with Gasteiger partial charge < -0.3 is 11.1 Å². The fourth-order valence-electron chi connectivity index (χ4n) is 1.39. The molecule has 1 saturated carbocycles. The van der Waals surface area contributed by atoms with Crippen LogP contribution in [0.4, 0.5) is 15.8 Å². The van der Waals surface area contributed by atoms with Crippen LogP contribution >= 0.6 is 0 Å². The minimum Gasteiger partial charge on any atom is -0.395 e. The van der Waals surface area contributed by atoms with Gasteiger partial charge in [-0.05, 0) is 30.4 Å². The summed E-state index contributed by atoms with van der Waals surface area (Å²) in [6, 6.07) is 4.85. The van der Waals surface area contributed by atoms with E-state index in [0.29, 0.717) is 11.1 Å². The van der Waals surface area contributed by atoms with Crippen LogP contribution < -0.4 is 11.1 Å². The van der Waals surface area contributed by atoms with E-state index in [1.165, 1.54) is 18.9 Å². The van der Waals surface area contributed by atoms with Gasteiger partial charge in [-0.15, -0.1) is 0 Å². The van der Waals surface area contributed by atoms with E-state index < -0.39 is 0 Å². The highest BCUT2D eigenvalue weighted by molar-refractivity contribution is 5.66. The summed E-state index contributed by atoms with van der Waals surface area (Å²) in [4.78, 5) is 0. The van der Waals surface area contributed by atoms with Crippen LogP contribution in [-0.4, -0.2) is 6.54 Å². The molecule has 0 aromatic heterocycles.